The first-order chi connectivity index (χ1) is 12.9. The van der Waals surface area contributed by atoms with Crippen molar-refractivity contribution in [3.05, 3.63) is 29.6 Å². The van der Waals surface area contributed by atoms with Gasteiger partial charge in [0.15, 0.2) is 0 Å². The Hall–Kier alpha value is -0.620. The van der Waals surface area contributed by atoms with Crippen LogP contribution in [0.2, 0.25) is 0 Å². The zero-order valence-electron chi connectivity index (χ0n) is 15.9. The second-order valence-corrected chi connectivity index (χ2v) is 9.37. The van der Waals surface area contributed by atoms with Gasteiger partial charge in [0.05, 0.1) is 11.4 Å². The molecule has 4 unspecified atom stereocenters. The molecule has 0 radical (unpaired) electrons. The predicted octanol–water partition coefficient (Wildman–Crippen LogP) is 3.22. The van der Waals surface area contributed by atoms with Crippen molar-refractivity contribution in [3.8, 4) is 0 Å². The molecular weight excluding hydrogens is 340 g/mol. The predicted molar refractivity (Wildman–Crippen MR) is 110 cm³/mol. The Balaban J connectivity index is 1.47. The molecule has 2 bridgehead atoms. The summed E-state index contributed by atoms with van der Waals surface area (Å²) < 4.78 is 0. The summed E-state index contributed by atoms with van der Waals surface area (Å²) >= 11 is 2.11. The zero-order chi connectivity index (χ0) is 17.6. The Bertz CT molecular complexity index is 521. The summed E-state index contributed by atoms with van der Waals surface area (Å²) in [5.41, 5.74) is 2.44. The lowest BCUT2D eigenvalue weighted by molar-refractivity contribution is 0.279. The molecule has 4 rings (SSSR count). The maximum absolute atomic E-state index is 4.93. The number of pyridine rings is 1. The van der Waals surface area contributed by atoms with E-state index >= 15 is 0 Å². The fourth-order valence-corrected chi connectivity index (χ4v) is 6.14. The third-order valence-electron chi connectivity index (χ3n) is 6.26. The summed E-state index contributed by atoms with van der Waals surface area (Å²) in [5, 5.41) is 12.2. The van der Waals surface area contributed by atoms with Crippen LogP contribution in [0, 0.1) is 0 Å². The van der Waals surface area contributed by atoms with Gasteiger partial charge in [-0.25, -0.2) is 0 Å². The minimum Gasteiger partial charge on any atom is -0.312 e. The minimum absolute atomic E-state index is 0.580. The molecule has 2 fully saturated rings. The second kappa shape index (κ2) is 9.54. The van der Waals surface area contributed by atoms with Crippen molar-refractivity contribution in [2.75, 3.05) is 13.1 Å². The lowest BCUT2D eigenvalue weighted by Gasteiger charge is -2.34. The van der Waals surface area contributed by atoms with Gasteiger partial charge in [-0.2, -0.15) is 11.8 Å². The van der Waals surface area contributed by atoms with Gasteiger partial charge < -0.3 is 16.0 Å². The molecule has 3 aliphatic rings. The van der Waals surface area contributed by atoms with Gasteiger partial charge in [-0.3, -0.25) is 4.98 Å². The Labute approximate surface area is 162 Å². The lowest BCUT2D eigenvalue weighted by atomic mass is 9.90. The van der Waals surface area contributed by atoms with E-state index < -0.39 is 0 Å². The highest BCUT2D eigenvalue weighted by atomic mass is 32.2. The zero-order valence-corrected chi connectivity index (χ0v) is 16.7. The number of thioether (sulfide) groups is 1. The molecule has 4 atom stereocenters. The summed E-state index contributed by atoms with van der Waals surface area (Å²) in [7, 11) is 0. The van der Waals surface area contributed by atoms with Crippen molar-refractivity contribution in [1.82, 2.24) is 20.9 Å². The highest BCUT2D eigenvalue weighted by Gasteiger charge is 2.27. The van der Waals surface area contributed by atoms with E-state index in [0.29, 0.717) is 18.1 Å². The Morgan fingerprint density at radius 3 is 2.27 bits per heavy atom. The number of hydrogen-bond donors (Lipinski definition) is 3. The molecule has 2 aliphatic carbocycles. The molecule has 0 saturated heterocycles. The first-order valence-electron chi connectivity index (χ1n) is 10.6. The quantitative estimate of drug-likeness (QED) is 0.651. The number of fused-ring (bicyclic) bond motifs is 4. The van der Waals surface area contributed by atoms with Crippen LogP contribution in [0.4, 0.5) is 0 Å². The van der Waals surface area contributed by atoms with Crippen LogP contribution in [-0.2, 0) is 12.3 Å². The van der Waals surface area contributed by atoms with Crippen LogP contribution in [0.25, 0.3) is 0 Å². The molecule has 2 saturated carbocycles. The van der Waals surface area contributed by atoms with Crippen LogP contribution in [-0.4, -0.2) is 41.4 Å². The van der Waals surface area contributed by atoms with E-state index in [1.165, 1.54) is 62.8 Å². The number of aromatic nitrogens is 1. The number of rotatable bonds is 0. The molecule has 0 spiro atoms. The Morgan fingerprint density at radius 2 is 1.42 bits per heavy atom. The normalized spacial score (nSPS) is 34.0. The summed E-state index contributed by atoms with van der Waals surface area (Å²) in [6, 6.07) is 8.42. The molecule has 4 nitrogen and oxygen atoms in total. The summed E-state index contributed by atoms with van der Waals surface area (Å²) in [5.74, 6) is 1.04. The van der Waals surface area contributed by atoms with E-state index in [1.807, 2.05) is 0 Å². The van der Waals surface area contributed by atoms with E-state index in [2.05, 4.69) is 45.9 Å². The highest BCUT2D eigenvalue weighted by molar-refractivity contribution is 7.99. The molecule has 3 N–H and O–H groups in total. The molecule has 0 aromatic carbocycles. The second-order valence-electron chi connectivity index (χ2n) is 8.15. The molecule has 5 heteroatoms. The van der Waals surface area contributed by atoms with E-state index in [1.54, 1.807) is 0 Å². The first kappa shape index (κ1) is 18.7. The minimum atomic E-state index is 0.580. The van der Waals surface area contributed by atoms with Crippen molar-refractivity contribution in [3.63, 3.8) is 0 Å². The average Bonchev–Trinajstić information content (AvgIpc) is 2.69. The van der Waals surface area contributed by atoms with Gasteiger partial charge in [0.2, 0.25) is 0 Å². The average molecular weight is 375 g/mol. The third-order valence-corrected chi connectivity index (χ3v) is 7.72. The van der Waals surface area contributed by atoms with E-state index in [0.717, 1.165) is 30.6 Å². The van der Waals surface area contributed by atoms with Crippen LogP contribution in [0.1, 0.15) is 62.8 Å². The van der Waals surface area contributed by atoms with E-state index in [-0.39, 0.29) is 0 Å². The SMILES string of the molecule is c1cc2nc(c1)CSC1CCCCC1NCCNC1CCCCC1NC2. The third kappa shape index (κ3) is 5.00. The smallest absolute Gasteiger partial charge is 0.0545 e. The molecule has 26 heavy (non-hydrogen) atoms. The lowest BCUT2D eigenvalue weighted by Crippen LogP contribution is -2.51. The number of nitrogens with one attached hydrogen (secondary N) is 3. The monoisotopic (exact) mass is 374 g/mol. The summed E-state index contributed by atoms with van der Waals surface area (Å²) in [6.45, 7) is 3.07. The largest absolute Gasteiger partial charge is 0.312 e. The first-order valence-corrected chi connectivity index (χ1v) is 11.7. The van der Waals surface area contributed by atoms with Crippen LogP contribution < -0.4 is 16.0 Å². The van der Waals surface area contributed by atoms with Crippen molar-refractivity contribution >= 4 is 11.8 Å². The van der Waals surface area contributed by atoms with Gasteiger partial charge in [0.1, 0.15) is 0 Å². The molecule has 144 valence electrons. The van der Waals surface area contributed by atoms with Gasteiger partial charge in [-0.05, 0) is 37.8 Å². The Kier molecular flexibility index (Phi) is 6.87. The summed E-state index contributed by atoms with van der Waals surface area (Å²) in [4.78, 5) is 4.93. The van der Waals surface area contributed by atoms with Crippen LogP contribution in [0.15, 0.2) is 18.2 Å². The number of hydrogen-bond acceptors (Lipinski definition) is 5. The van der Waals surface area contributed by atoms with E-state index in [4.69, 9.17) is 4.98 Å². The molecule has 1 aliphatic heterocycles. The van der Waals surface area contributed by atoms with Crippen molar-refractivity contribution in [2.45, 2.75) is 87.0 Å². The van der Waals surface area contributed by atoms with Gasteiger partial charge >= 0.3 is 0 Å². The maximum atomic E-state index is 4.93. The molecule has 1 aromatic rings. The van der Waals surface area contributed by atoms with Gasteiger partial charge in [0.25, 0.3) is 0 Å². The van der Waals surface area contributed by atoms with Gasteiger partial charge in [-0.15, -0.1) is 0 Å². The summed E-state index contributed by atoms with van der Waals surface area (Å²) in [6.07, 6.45) is 10.7. The molecule has 2 heterocycles. The van der Waals surface area contributed by atoms with Gasteiger partial charge in [0, 0.05) is 48.8 Å². The topological polar surface area (TPSA) is 49.0 Å². The Morgan fingerprint density at radius 1 is 0.769 bits per heavy atom. The fourth-order valence-electron chi connectivity index (χ4n) is 4.80. The van der Waals surface area contributed by atoms with Crippen molar-refractivity contribution in [2.24, 2.45) is 0 Å². The van der Waals surface area contributed by atoms with Crippen LogP contribution >= 0.6 is 11.8 Å². The van der Waals surface area contributed by atoms with Crippen molar-refractivity contribution in [1.29, 1.82) is 0 Å². The van der Waals surface area contributed by atoms with Gasteiger partial charge in [-0.1, -0.05) is 31.7 Å². The maximum Gasteiger partial charge on any atom is 0.0545 e. The van der Waals surface area contributed by atoms with Crippen LogP contribution in [0.3, 0.4) is 0 Å². The molecule has 0 amide bonds. The van der Waals surface area contributed by atoms with Crippen molar-refractivity contribution < 1.29 is 0 Å². The fraction of sp³-hybridized carbons (Fsp3) is 0.762. The molecule has 1 aromatic heterocycles. The standard InChI is InChI=1S/C21H34N4S/c1-2-9-19-18(8-1)22-12-13-23-20-10-3-4-11-21(20)26-15-17-7-5-6-16(25-17)14-24-19/h5-7,18-24H,1-4,8-15H2. The highest BCUT2D eigenvalue weighted by Crippen LogP contribution is 2.30. The van der Waals surface area contributed by atoms with E-state index in [9.17, 15) is 0 Å². The number of nitrogens with zero attached hydrogens (tertiary/aromatic N) is 1. The molecular formula is C21H34N4S. The van der Waals surface area contributed by atoms with Crippen LogP contribution in [0.5, 0.6) is 0 Å².